The Morgan fingerprint density at radius 1 is 1.80 bits per heavy atom. The zero-order valence-corrected chi connectivity index (χ0v) is 8.60. The Morgan fingerprint density at radius 2 is 2.53 bits per heavy atom. The topological polar surface area (TPSA) is 62.2 Å². The van der Waals surface area contributed by atoms with Crippen molar-refractivity contribution in [1.29, 1.82) is 0 Å². The summed E-state index contributed by atoms with van der Waals surface area (Å²) in [5.74, 6) is -0.270. The number of rotatable bonds is 4. The van der Waals surface area contributed by atoms with Crippen LogP contribution in [0, 0.1) is 0 Å². The molecule has 0 aliphatic rings. The lowest BCUT2D eigenvalue weighted by atomic mass is 10.0. The van der Waals surface area contributed by atoms with E-state index >= 15 is 0 Å². The fraction of sp³-hybridized carbons (Fsp3) is 0.273. The van der Waals surface area contributed by atoms with E-state index in [1.165, 1.54) is 13.0 Å². The quantitative estimate of drug-likeness (QED) is 0.731. The summed E-state index contributed by atoms with van der Waals surface area (Å²) in [5, 5.41) is 12.2. The highest BCUT2D eigenvalue weighted by Crippen LogP contribution is 2.12. The van der Waals surface area contributed by atoms with Crippen LogP contribution in [0.3, 0.4) is 0 Å². The summed E-state index contributed by atoms with van der Waals surface area (Å²) < 4.78 is 0. The molecular weight excluding hydrogens is 192 g/mol. The van der Waals surface area contributed by atoms with Crippen molar-refractivity contribution >= 4 is 11.6 Å². The standard InChI is InChI=1S/C11H14N2O2/c1-3-11(2,15)7-10(14)13-9-5-4-6-12-8-9/h3-6,8,15H,1,7H2,2H3,(H,13,14). The summed E-state index contributed by atoms with van der Waals surface area (Å²) in [5.41, 5.74) is -0.561. The molecule has 0 fully saturated rings. The second-order valence-electron chi connectivity index (χ2n) is 3.53. The average molecular weight is 206 g/mol. The van der Waals surface area contributed by atoms with E-state index in [0.29, 0.717) is 5.69 Å². The summed E-state index contributed by atoms with van der Waals surface area (Å²) in [6.45, 7) is 4.98. The van der Waals surface area contributed by atoms with Crippen molar-refractivity contribution in [3.8, 4) is 0 Å². The summed E-state index contributed by atoms with van der Waals surface area (Å²) in [4.78, 5) is 15.3. The molecule has 0 spiro atoms. The fourth-order valence-electron chi connectivity index (χ4n) is 1.04. The molecule has 0 saturated carbocycles. The summed E-state index contributed by atoms with van der Waals surface area (Å²) in [6, 6.07) is 3.45. The van der Waals surface area contributed by atoms with Gasteiger partial charge < -0.3 is 10.4 Å². The van der Waals surface area contributed by atoms with Crippen LogP contribution in [-0.2, 0) is 4.79 Å². The van der Waals surface area contributed by atoms with Gasteiger partial charge >= 0.3 is 0 Å². The monoisotopic (exact) mass is 206 g/mol. The lowest BCUT2D eigenvalue weighted by Crippen LogP contribution is -2.28. The third-order valence-corrected chi connectivity index (χ3v) is 1.90. The van der Waals surface area contributed by atoms with Crippen molar-refractivity contribution in [3.63, 3.8) is 0 Å². The number of nitrogens with zero attached hydrogens (tertiary/aromatic N) is 1. The van der Waals surface area contributed by atoms with Crippen LogP contribution in [-0.4, -0.2) is 21.6 Å². The molecule has 80 valence electrons. The Kier molecular flexibility index (Phi) is 3.57. The largest absolute Gasteiger partial charge is 0.386 e. The predicted octanol–water partition coefficient (Wildman–Crippen LogP) is 1.35. The number of carbonyl (C=O) groups excluding carboxylic acids is 1. The van der Waals surface area contributed by atoms with Crippen LogP contribution in [0.15, 0.2) is 37.2 Å². The third kappa shape index (κ3) is 3.91. The van der Waals surface area contributed by atoms with Crippen LogP contribution in [0.4, 0.5) is 5.69 Å². The molecule has 1 unspecified atom stereocenters. The zero-order chi connectivity index (χ0) is 11.3. The third-order valence-electron chi connectivity index (χ3n) is 1.90. The molecule has 0 aliphatic carbocycles. The van der Waals surface area contributed by atoms with Gasteiger partial charge in [-0.15, -0.1) is 6.58 Å². The van der Waals surface area contributed by atoms with Crippen LogP contribution in [0.25, 0.3) is 0 Å². The molecular formula is C11H14N2O2. The number of hydrogen-bond donors (Lipinski definition) is 2. The molecule has 0 saturated heterocycles. The molecule has 1 heterocycles. The first kappa shape index (κ1) is 11.4. The van der Waals surface area contributed by atoms with E-state index in [2.05, 4.69) is 16.9 Å². The van der Waals surface area contributed by atoms with Gasteiger partial charge in [-0.25, -0.2) is 0 Å². The van der Waals surface area contributed by atoms with E-state index in [1.54, 1.807) is 24.5 Å². The molecule has 4 heteroatoms. The SMILES string of the molecule is C=CC(C)(O)CC(=O)Nc1cccnc1. The number of anilines is 1. The van der Waals surface area contributed by atoms with Gasteiger partial charge in [0.2, 0.25) is 5.91 Å². The Hall–Kier alpha value is -1.68. The highest BCUT2D eigenvalue weighted by atomic mass is 16.3. The van der Waals surface area contributed by atoms with E-state index in [4.69, 9.17) is 0 Å². The summed E-state index contributed by atoms with van der Waals surface area (Å²) in [6.07, 6.45) is 4.48. The average Bonchev–Trinajstić information content (AvgIpc) is 2.18. The predicted molar refractivity (Wildman–Crippen MR) is 58.3 cm³/mol. The Morgan fingerprint density at radius 3 is 3.07 bits per heavy atom. The molecule has 2 N–H and O–H groups in total. The lowest BCUT2D eigenvalue weighted by Gasteiger charge is -2.17. The molecule has 4 nitrogen and oxygen atoms in total. The van der Waals surface area contributed by atoms with Crippen LogP contribution < -0.4 is 5.32 Å². The van der Waals surface area contributed by atoms with Gasteiger partial charge in [0.25, 0.3) is 0 Å². The number of amides is 1. The molecule has 1 amide bonds. The maximum Gasteiger partial charge on any atom is 0.227 e. The first-order chi connectivity index (χ1) is 7.03. The van der Waals surface area contributed by atoms with Crippen molar-refractivity contribution in [2.75, 3.05) is 5.32 Å². The van der Waals surface area contributed by atoms with Crippen LogP contribution in [0.2, 0.25) is 0 Å². The molecule has 0 radical (unpaired) electrons. The Bertz CT molecular complexity index is 347. The fourth-order valence-corrected chi connectivity index (χ4v) is 1.04. The zero-order valence-electron chi connectivity index (χ0n) is 8.60. The molecule has 1 aromatic rings. The second-order valence-corrected chi connectivity index (χ2v) is 3.53. The van der Waals surface area contributed by atoms with E-state index in [0.717, 1.165) is 0 Å². The number of carbonyl (C=O) groups is 1. The first-order valence-electron chi connectivity index (χ1n) is 4.59. The maximum absolute atomic E-state index is 11.4. The molecule has 0 bridgehead atoms. The minimum Gasteiger partial charge on any atom is -0.386 e. The molecule has 0 aliphatic heterocycles. The van der Waals surface area contributed by atoms with Gasteiger partial charge in [0, 0.05) is 6.20 Å². The van der Waals surface area contributed by atoms with Crippen LogP contribution >= 0.6 is 0 Å². The van der Waals surface area contributed by atoms with Gasteiger partial charge in [0.15, 0.2) is 0 Å². The van der Waals surface area contributed by atoms with Gasteiger partial charge in [-0.05, 0) is 19.1 Å². The lowest BCUT2D eigenvalue weighted by molar-refractivity contribution is -0.119. The normalized spacial score (nSPS) is 14.0. The first-order valence-corrected chi connectivity index (χ1v) is 4.59. The smallest absolute Gasteiger partial charge is 0.227 e. The van der Waals surface area contributed by atoms with Crippen molar-refractivity contribution in [3.05, 3.63) is 37.2 Å². The number of hydrogen-bond acceptors (Lipinski definition) is 3. The number of pyridine rings is 1. The number of nitrogens with one attached hydrogen (secondary N) is 1. The summed E-state index contributed by atoms with van der Waals surface area (Å²) in [7, 11) is 0. The van der Waals surface area contributed by atoms with E-state index < -0.39 is 5.60 Å². The molecule has 0 aromatic carbocycles. The highest BCUT2D eigenvalue weighted by Gasteiger charge is 2.20. The molecule has 15 heavy (non-hydrogen) atoms. The second kappa shape index (κ2) is 4.70. The van der Waals surface area contributed by atoms with Crippen molar-refractivity contribution in [2.45, 2.75) is 18.9 Å². The van der Waals surface area contributed by atoms with Gasteiger partial charge in [0.1, 0.15) is 0 Å². The van der Waals surface area contributed by atoms with E-state index in [9.17, 15) is 9.90 Å². The van der Waals surface area contributed by atoms with Crippen molar-refractivity contribution < 1.29 is 9.90 Å². The van der Waals surface area contributed by atoms with Gasteiger partial charge in [0.05, 0.1) is 23.9 Å². The summed E-state index contributed by atoms with van der Waals surface area (Å²) >= 11 is 0. The highest BCUT2D eigenvalue weighted by molar-refractivity contribution is 5.91. The molecule has 1 atom stereocenters. The van der Waals surface area contributed by atoms with Gasteiger partial charge in [-0.2, -0.15) is 0 Å². The minimum atomic E-state index is -1.17. The molecule has 1 rings (SSSR count). The van der Waals surface area contributed by atoms with E-state index in [1.807, 2.05) is 0 Å². The van der Waals surface area contributed by atoms with Crippen LogP contribution in [0.5, 0.6) is 0 Å². The van der Waals surface area contributed by atoms with Gasteiger partial charge in [-0.3, -0.25) is 9.78 Å². The maximum atomic E-state index is 11.4. The van der Waals surface area contributed by atoms with Crippen molar-refractivity contribution in [1.82, 2.24) is 4.98 Å². The Labute approximate surface area is 88.7 Å². The van der Waals surface area contributed by atoms with E-state index in [-0.39, 0.29) is 12.3 Å². The van der Waals surface area contributed by atoms with Crippen LogP contribution in [0.1, 0.15) is 13.3 Å². The Balaban J connectivity index is 2.54. The minimum absolute atomic E-state index is 0.0224. The van der Waals surface area contributed by atoms with Crippen molar-refractivity contribution in [2.24, 2.45) is 0 Å². The number of aliphatic hydroxyl groups is 1. The van der Waals surface area contributed by atoms with Gasteiger partial charge in [-0.1, -0.05) is 6.08 Å². The molecule has 1 aromatic heterocycles. The number of aromatic nitrogens is 1.